The van der Waals surface area contributed by atoms with E-state index in [1.165, 1.54) is 6.92 Å². The molecule has 0 fully saturated rings. The average molecular weight is 349 g/mol. The number of urea groups is 1. The topological polar surface area (TPSA) is 74.2 Å². The van der Waals surface area contributed by atoms with E-state index in [1.54, 1.807) is 24.5 Å². The number of nitrogens with zero attached hydrogens (tertiary/aromatic N) is 1. The van der Waals surface area contributed by atoms with E-state index in [4.69, 9.17) is 0 Å². The molecule has 1 aromatic heterocycles. The van der Waals surface area contributed by atoms with Gasteiger partial charge in [-0.25, -0.2) is 13.6 Å². The van der Waals surface area contributed by atoms with Crippen molar-refractivity contribution >= 4 is 6.03 Å². The minimum atomic E-state index is -1.67. The first kappa shape index (κ1) is 18.8. The summed E-state index contributed by atoms with van der Waals surface area (Å²) in [5.41, 5.74) is -0.854. The molecule has 2 atom stereocenters. The zero-order valence-corrected chi connectivity index (χ0v) is 14.1. The standard InChI is InChI=1S/C18H21F2N3O2/c1-3-16(12-6-8-21-9-7-12)23-17(24)22-11-18(2,25)14-5-4-13(19)10-15(14)20/h4-10,16,25H,3,11H2,1-2H3,(H2,22,23,24). The quantitative estimate of drug-likeness (QED) is 0.750. The Labute approximate surface area is 145 Å². The van der Waals surface area contributed by atoms with Gasteiger partial charge in [-0.3, -0.25) is 4.98 Å². The van der Waals surface area contributed by atoms with Gasteiger partial charge < -0.3 is 15.7 Å². The molecule has 0 radical (unpaired) electrons. The third kappa shape index (κ3) is 4.96. The van der Waals surface area contributed by atoms with Gasteiger partial charge in [0.25, 0.3) is 0 Å². The fourth-order valence-electron chi connectivity index (χ4n) is 2.50. The Morgan fingerprint density at radius 3 is 2.56 bits per heavy atom. The summed E-state index contributed by atoms with van der Waals surface area (Å²) in [4.78, 5) is 16.0. The molecule has 25 heavy (non-hydrogen) atoms. The normalized spacial score (nSPS) is 14.4. The lowest BCUT2D eigenvalue weighted by atomic mass is 9.95. The highest BCUT2D eigenvalue weighted by molar-refractivity contribution is 5.74. The summed E-state index contributed by atoms with van der Waals surface area (Å²) in [6.07, 6.45) is 3.94. The van der Waals surface area contributed by atoms with Crippen LogP contribution in [0.25, 0.3) is 0 Å². The van der Waals surface area contributed by atoms with Crippen LogP contribution in [0.4, 0.5) is 13.6 Å². The van der Waals surface area contributed by atoms with Crippen molar-refractivity contribution in [1.29, 1.82) is 0 Å². The monoisotopic (exact) mass is 349 g/mol. The highest BCUT2D eigenvalue weighted by Crippen LogP contribution is 2.23. The lowest BCUT2D eigenvalue weighted by Gasteiger charge is -2.26. The van der Waals surface area contributed by atoms with Crippen molar-refractivity contribution in [1.82, 2.24) is 15.6 Å². The third-order valence-corrected chi connectivity index (χ3v) is 3.93. The number of nitrogens with one attached hydrogen (secondary N) is 2. The summed E-state index contributed by atoms with van der Waals surface area (Å²) in [6, 6.07) is 5.82. The Bertz CT molecular complexity index is 724. The Morgan fingerprint density at radius 2 is 1.96 bits per heavy atom. The summed E-state index contributed by atoms with van der Waals surface area (Å²) >= 11 is 0. The van der Waals surface area contributed by atoms with Crippen LogP contribution in [-0.2, 0) is 5.60 Å². The molecule has 0 aliphatic rings. The first-order valence-corrected chi connectivity index (χ1v) is 7.95. The second kappa shape index (κ2) is 8.02. The summed E-state index contributed by atoms with van der Waals surface area (Å²) in [7, 11) is 0. The first-order chi connectivity index (χ1) is 11.8. The molecule has 2 amide bonds. The van der Waals surface area contributed by atoms with Crippen LogP contribution < -0.4 is 10.6 Å². The van der Waals surface area contributed by atoms with E-state index in [0.29, 0.717) is 12.5 Å². The minimum Gasteiger partial charge on any atom is -0.383 e. The number of benzene rings is 1. The summed E-state index contributed by atoms with van der Waals surface area (Å²) in [6.45, 7) is 3.05. The van der Waals surface area contributed by atoms with Gasteiger partial charge in [-0.2, -0.15) is 0 Å². The summed E-state index contributed by atoms with van der Waals surface area (Å²) in [5.74, 6) is -1.60. The number of hydrogen-bond donors (Lipinski definition) is 3. The molecule has 0 bridgehead atoms. The number of halogens is 2. The fraction of sp³-hybridized carbons (Fsp3) is 0.333. The number of carbonyl (C=O) groups is 1. The van der Waals surface area contributed by atoms with Crippen molar-refractivity contribution < 1.29 is 18.7 Å². The van der Waals surface area contributed by atoms with Crippen molar-refractivity contribution in [2.75, 3.05) is 6.54 Å². The number of amides is 2. The second-order valence-electron chi connectivity index (χ2n) is 5.97. The molecule has 2 aromatic rings. The van der Waals surface area contributed by atoms with Crippen molar-refractivity contribution in [3.8, 4) is 0 Å². The molecule has 3 N–H and O–H groups in total. The molecule has 1 aromatic carbocycles. The lowest BCUT2D eigenvalue weighted by molar-refractivity contribution is 0.0554. The van der Waals surface area contributed by atoms with Gasteiger partial charge in [0.1, 0.15) is 17.2 Å². The molecule has 0 saturated heterocycles. The van der Waals surface area contributed by atoms with Gasteiger partial charge in [-0.05, 0) is 37.1 Å². The second-order valence-corrected chi connectivity index (χ2v) is 5.97. The summed E-state index contributed by atoms with van der Waals surface area (Å²) in [5, 5.41) is 15.7. The summed E-state index contributed by atoms with van der Waals surface area (Å²) < 4.78 is 26.8. The predicted molar refractivity (Wildman–Crippen MR) is 89.7 cm³/mol. The minimum absolute atomic E-state index is 0.0876. The van der Waals surface area contributed by atoms with Gasteiger partial charge in [0.2, 0.25) is 0 Å². The van der Waals surface area contributed by atoms with E-state index in [9.17, 15) is 18.7 Å². The number of aromatic nitrogens is 1. The number of aliphatic hydroxyl groups is 1. The van der Waals surface area contributed by atoms with Crippen LogP contribution in [-0.4, -0.2) is 22.7 Å². The maximum atomic E-state index is 13.8. The molecule has 0 saturated carbocycles. The lowest BCUT2D eigenvalue weighted by Crippen LogP contribution is -2.44. The highest BCUT2D eigenvalue weighted by atomic mass is 19.1. The van der Waals surface area contributed by atoms with E-state index in [1.807, 2.05) is 6.92 Å². The van der Waals surface area contributed by atoms with E-state index in [0.717, 1.165) is 17.7 Å². The fourth-order valence-corrected chi connectivity index (χ4v) is 2.50. The van der Waals surface area contributed by atoms with E-state index >= 15 is 0 Å². The van der Waals surface area contributed by atoms with E-state index < -0.39 is 23.3 Å². The van der Waals surface area contributed by atoms with Gasteiger partial charge in [0, 0.05) is 24.0 Å². The molecular weight excluding hydrogens is 328 g/mol. The molecule has 5 nitrogen and oxygen atoms in total. The Kier molecular flexibility index (Phi) is 6.03. The number of rotatable bonds is 6. The molecule has 0 aliphatic heterocycles. The average Bonchev–Trinajstić information content (AvgIpc) is 2.58. The molecule has 0 spiro atoms. The van der Waals surface area contributed by atoms with Gasteiger partial charge in [-0.15, -0.1) is 0 Å². The van der Waals surface area contributed by atoms with Crippen molar-refractivity contribution in [3.63, 3.8) is 0 Å². The molecule has 2 unspecified atom stereocenters. The van der Waals surface area contributed by atoms with Gasteiger partial charge in [-0.1, -0.05) is 13.0 Å². The van der Waals surface area contributed by atoms with Crippen molar-refractivity contribution in [2.24, 2.45) is 0 Å². The van der Waals surface area contributed by atoms with Crippen LogP contribution in [0, 0.1) is 11.6 Å². The molecular formula is C18H21F2N3O2. The van der Waals surface area contributed by atoms with Crippen LogP contribution in [0.2, 0.25) is 0 Å². The SMILES string of the molecule is CCC(NC(=O)NCC(C)(O)c1ccc(F)cc1F)c1ccncc1. The molecule has 1 heterocycles. The number of carbonyl (C=O) groups excluding carboxylic acids is 1. The third-order valence-electron chi connectivity index (χ3n) is 3.93. The van der Waals surface area contributed by atoms with E-state index in [-0.39, 0.29) is 18.2 Å². The molecule has 7 heteroatoms. The van der Waals surface area contributed by atoms with Crippen LogP contribution in [0.1, 0.15) is 37.4 Å². The van der Waals surface area contributed by atoms with Crippen LogP contribution in [0.3, 0.4) is 0 Å². The van der Waals surface area contributed by atoms with Crippen LogP contribution >= 0.6 is 0 Å². The van der Waals surface area contributed by atoms with Crippen LogP contribution in [0.15, 0.2) is 42.7 Å². The van der Waals surface area contributed by atoms with Crippen LogP contribution in [0.5, 0.6) is 0 Å². The van der Waals surface area contributed by atoms with Gasteiger partial charge in [0.05, 0.1) is 12.6 Å². The molecule has 0 aliphatic carbocycles. The Balaban J connectivity index is 1.98. The largest absolute Gasteiger partial charge is 0.383 e. The predicted octanol–water partition coefficient (Wildman–Crippen LogP) is 3.02. The zero-order valence-electron chi connectivity index (χ0n) is 14.1. The molecule has 134 valence electrons. The maximum absolute atomic E-state index is 13.8. The van der Waals surface area contributed by atoms with Gasteiger partial charge in [0.15, 0.2) is 0 Å². The zero-order chi connectivity index (χ0) is 18.4. The highest BCUT2D eigenvalue weighted by Gasteiger charge is 2.27. The van der Waals surface area contributed by atoms with Crippen molar-refractivity contribution in [3.05, 3.63) is 65.5 Å². The number of hydrogen-bond acceptors (Lipinski definition) is 3. The first-order valence-electron chi connectivity index (χ1n) is 7.95. The van der Waals surface area contributed by atoms with Gasteiger partial charge >= 0.3 is 6.03 Å². The Morgan fingerprint density at radius 1 is 1.28 bits per heavy atom. The number of pyridine rings is 1. The smallest absolute Gasteiger partial charge is 0.315 e. The van der Waals surface area contributed by atoms with E-state index in [2.05, 4.69) is 15.6 Å². The Hall–Kier alpha value is -2.54. The molecule has 2 rings (SSSR count). The maximum Gasteiger partial charge on any atom is 0.315 e. The van der Waals surface area contributed by atoms with Crippen molar-refractivity contribution in [2.45, 2.75) is 31.9 Å².